The predicted molar refractivity (Wildman–Crippen MR) is 84.4 cm³/mol. The molecule has 3 aliphatic rings. The molecule has 2 bridgehead atoms. The van der Waals surface area contributed by atoms with Gasteiger partial charge in [0.15, 0.2) is 6.61 Å². The molecule has 1 saturated heterocycles. The van der Waals surface area contributed by atoms with E-state index in [9.17, 15) is 14.4 Å². The van der Waals surface area contributed by atoms with Crippen molar-refractivity contribution >= 4 is 17.7 Å². The average Bonchev–Trinajstić information content (AvgIpc) is 3.24. The summed E-state index contributed by atoms with van der Waals surface area (Å²) in [5, 5.41) is 0.891. The number of fused-ring (bicyclic) bond motifs is 5. The Morgan fingerprint density at radius 3 is 2.29 bits per heavy atom. The summed E-state index contributed by atoms with van der Waals surface area (Å²) in [5.74, 6) is -0.927. The number of aryl methyl sites for hydroxylation is 1. The normalized spacial score (nSPS) is 30.0. The molecule has 1 aromatic rings. The van der Waals surface area contributed by atoms with Crippen molar-refractivity contribution in [3.8, 4) is 5.75 Å². The highest BCUT2D eigenvalue weighted by Gasteiger charge is 2.59. The van der Waals surface area contributed by atoms with Gasteiger partial charge < -0.3 is 4.74 Å². The fourth-order valence-electron chi connectivity index (χ4n) is 3.95. The van der Waals surface area contributed by atoms with E-state index in [1.54, 1.807) is 12.1 Å². The highest BCUT2D eigenvalue weighted by atomic mass is 16.5. The standard InChI is InChI=1S/C18H18N2O4/c1-10-2-6-13(7-3-10)24-9-14(21)19-20-17(22)15-11-4-5-12(8-11)16(15)18(20)23/h2-7,11-12,15-16H,8-9H2,1H3,(H,19,21)/t11-,12-,15+,16+/m0/s1. The molecule has 4 rings (SSSR count). The molecule has 1 heterocycles. The van der Waals surface area contributed by atoms with Crippen LogP contribution in [-0.4, -0.2) is 29.3 Å². The summed E-state index contributed by atoms with van der Waals surface area (Å²) in [6.07, 6.45) is 4.90. The molecule has 0 spiro atoms. The smallest absolute Gasteiger partial charge is 0.276 e. The minimum Gasteiger partial charge on any atom is -0.484 e. The number of imide groups is 1. The van der Waals surface area contributed by atoms with Crippen LogP contribution >= 0.6 is 0 Å². The maximum absolute atomic E-state index is 12.5. The number of nitrogens with one attached hydrogen (secondary N) is 1. The van der Waals surface area contributed by atoms with Crippen LogP contribution in [0, 0.1) is 30.6 Å². The van der Waals surface area contributed by atoms with Crippen molar-refractivity contribution < 1.29 is 19.1 Å². The molecule has 124 valence electrons. The zero-order valence-electron chi connectivity index (χ0n) is 13.3. The van der Waals surface area contributed by atoms with E-state index < -0.39 is 5.91 Å². The molecule has 2 aliphatic carbocycles. The first-order valence-electron chi connectivity index (χ1n) is 8.09. The number of ether oxygens (including phenoxy) is 1. The van der Waals surface area contributed by atoms with E-state index in [1.165, 1.54) is 0 Å². The monoisotopic (exact) mass is 326 g/mol. The number of rotatable bonds is 4. The Labute approximate surface area is 139 Å². The van der Waals surface area contributed by atoms with Gasteiger partial charge in [-0.15, -0.1) is 0 Å². The second-order valence-electron chi connectivity index (χ2n) is 6.65. The van der Waals surface area contributed by atoms with Gasteiger partial charge >= 0.3 is 0 Å². The fraction of sp³-hybridized carbons (Fsp3) is 0.389. The van der Waals surface area contributed by atoms with Crippen molar-refractivity contribution in [1.29, 1.82) is 0 Å². The van der Waals surface area contributed by atoms with Gasteiger partial charge in [0.05, 0.1) is 11.8 Å². The topological polar surface area (TPSA) is 75.7 Å². The Morgan fingerprint density at radius 1 is 1.12 bits per heavy atom. The molecule has 6 nitrogen and oxygen atoms in total. The molecule has 1 aliphatic heterocycles. The van der Waals surface area contributed by atoms with E-state index >= 15 is 0 Å². The number of hydrogen-bond acceptors (Lipinski definition) is 4. The number of allylic oxidation sites excluding steroid dienone is 2. The van der Waals surface area contributed by atoms with Crippen molar-refractivity contribution in [2.45, 2.75) is 13.3 Å². The summed E-state index contributed by atoms with van der Waals surface area (Å²) in [4.78, 5) is 36.9. The summed E-state index contributed by atoms with van der Waals surface area (Å²) in [7, 11) is 0. The van der Waals surface area contributed by atoms with Gasteiger partial charge in [0.25, 0.3) is 17.7 Å². The van der Waals surface area contributed by atoms with E-state index in [1.807, 2.05) is 31.2 Å². The number of carbonyl (C=O) groups excluding carboxylic acids is 3. The number of carbonyl (C=O) groups is 3. The SMILES string of the molecule is Cc1ccc(OCC(=O)NN2C(=O)[C@H]3[C@H](C2=O)[C@H]2C=C[C@H]3C2)cc1. The summed E-state index contributed by atoms with van der Waals surface area (Å²) < 4.78 is 5.38. The highest BCUT2D eigenvalue weighted by molar-refractivity contribution is 6.07. The molecular weight excluding hydrogens is 308 g/mol. The molecule has 3 amide bonds. The van der Waals surface area contributed by atoms with Crippen LogP contribution in [0.5, 0.6) is 5.75 Å². The first kappa shape index (κ1) is 14.9. The molecule has 0 unspecified atom stereocenters. The van der Waals surface area contributed by atoms with Crippen molar-refractivity contribution in [3.63, 3.8) is 0 Å². The molecule has 2 fully saturated rings. The lowest BCUT2D eigenvalue weighted by Crippen LogP contribution is -2.48. The average molecular weight is 326 g/mol. The molecule has 1 aromatic carbocycles. The van der Waals surface area contributed by atoms with Crippen LogP contribution in [0.1, 0.15) is 12.0 Å². The number of nitrogens with zero attached hydrogens (tertiary/aromatic N) is 1. The van der Waals surface area contributed by atoms with Crippen molar-refractivity contribution in [2.75, 3.05) is 6.61 Å². The summed E-state index contributed by atoms with van der Waals surface area (Å²) in [6.45, 7) is 1.71. The van der Waals surface area contributed by atoms with Gasteiger partial charge in [-0.25, -0.2) is 0 Å². The molecular formula is C18H18N2O4. The van der Waals surface area contributed by atoms with Gasteiger partial charge in [-0.1, -0.05) is 29.8 Å². The Hall–Kier alpha value is -2.63. The van der Waals surface area contributed by atoms with Crippen LogP contribution < -0.4 is 10.2 Å². The lowest BCUT2D eigenvalue weighted by molar-refractivity contribution is -0.150. The molecule has 1 saturated carbocycles. The fourth-order valence-corrected chi connectivity index (χ4v) is 3.95. The van der Waals surface area contributed by atoms with Crippen LogP contribution in [0.4, 0.5) is 0 Å². The van der Waals surface area contributed by atoms with Crippen molar-refractivity contribution in [3.05, 3.63) is 42.0 Å². The van der Waals surface area contributed by atoms with E-state index in [2.05, 4.69) is 5.43 Å². The largest absolute Gasteiger partial charge is 0.484 e. The lowest BCUT2D eigenvalue weighted by Gasteiger charge is -2.18. The zero-order valence-corrected chi connectivity index (χ0v) is 13.3. The zero-order chi connectivity index (χ0) is 16.8. The Kier molecular flexibility index (Phi) is 3.40. The Morgan fingerprint density at radius 2 is 1.71 bits per heavy atom. The number of amides is 3. The van der Waals surface area contributed by atoms with Gasteiger partial charge in [-0.3, -0.25) is 19.8 Å². The first-order valence-corrected chi connectivity index (χ1v) is 8.09. The van der Waals surface area contributed by atoms with E-state index in [0.29, 0.717) is 5.75 Å². The maximum atomic E-state index is 12.5. The van der Waals surface area contributed by atoms with Crippen LogP contribution in [0.2, 0.25) is 0 Å². The quantitative estimate of drug-likeness (QED) is 0.667. The van der Waals surface area contributed by atoms with Gasteiger partial charge in [0.2, 0.25) is 0 Å². The van der Waals surface area contributed by atoms with Gasteiger partial charge in [-0.2, -0.15) is 5.01 Å². The van der Waals surface area contributed by atoms with E-state index in [0.717, 1.165) is 17.0 Å². The maximum Gasteiger partial charge on any atom is 0.276 e. The van der Waals surface area contributed by atoms with Crippen LogP contribution in [-0.2, 0) is 14.4 Å². The number of benzene rings is 1. The molecule has 1 N–H and O–H groups in total. The summed E-state index contributed by atoms with van der Waals surface area (Å²) >= 11 is 0. The third-order valence-corrected chi connectivity index (χ3v) is 5.10. The number of hydrazine groups is 1. The second kappa shape index (κ2) is 5.47. The van der Waals surface area contributed by atoms with Crippen LogP contribution in [0.15, 0.2) is 36.4 Å². The minimum atomic E-state index is -0.516. The number of hydrogen-bond donors (Lipinski definition) is 1. The third kappa shape index (κ3) is 2.29. The molecule has 0 radical (unpaired) electrons. The molecule has 4 atom stereocenters. The van der Waals surface area contributed by atoms with Crippen LogP contribution in [0.3, 0.4) is 0 Å². The highest BCUT2D eigenvalue weighted by Crippen LogP contribution is 2.52. The predicted octanol–water partition coefficient (Wildman–Crippen LogP) is 1.21. The molecule has 0 aromatic heterocycles. The van der Waals surface area contributed by atoms with E-state index in [-0.39, 0.29) is 42.1 Å². The molecule has 24 heavy (non-hydrogen) atoms. The van der Waals surface area contributed by atoms with Gasteiger partial charge in [0.1, 0.15) is 5.75 Å². The summed E-state index contributed by atoms with van der Waals surface area (Å²) in [6, 6.07) is 7.29. The van der Waals surface area contributed by atoms with E-state index in [4.69, 9.17) is 4.74 Å². The Bertz CT molecular complexity index is 710. The minimum absolute atomic E-state index is 0.127. The third-order valence-electron chi connectivity index (χ3n) is 5.10. The second-order valence-corrected chi connectivity index (χ2v) is 6.65. The van der Waals surface area contributed by atoms with Gasteiger partial charge in [0, 0.05) is 0 Å². The van der Waals surface area contributed by atoms with Gasteiger partial charge in [-0.05, 0) is 37.3 Å². The van der Waals surface area contributed by atoms with Crippen molar-refractivity contribution in [2.24, 2.45) is 23.7 Å². The Balaban J connectivity index is 1.37. The molecule has 6 heteroatoms. The van der Waals surface area contributed by atoms with Crippen molar-refractivity contribution in [1.82, 2.24) is 10.4 Å². The first-order chi connectivity index (χ1) is 11.5. The summed E-state index contributed by atoms with van der Waals surface area (Å²) in [5.41, 5.74) is 3.49. The lowest BCUT2D eigenvalue weighted by atomic mass is 9.85. The van der Waals surface area contributed by atoms with Crippen LogP contribution in [0.25, 0.3) is 0 Å².